The van der Waals surface area contributed by atoms with Crippen molar-refractivity contribution in [1.29, 1.82) is 0 Å². The predicted molar refractivity (Wildman–Crippen MR) is 65.1 cm³/mol. The van der Waals surface area contributed by atoms with Gasteiger partial charge in [-0.3, -0.25) is 0 Å². The Labute approximate surface area is 104 Å². The Hall–Kier alpha value is -2.04. The van der Waals surface area contributed by atoms with Crippen molar-refractivity contribution in [2.45, 2.75) is 19.9 Å². The number of rotatable bonds is 4. The van der Waals surface area contributed by atoms with Crippen molar-refractivity contribution in [2.75, 3.05) is 5.32 Å². The summed E-state index contributed by atoms with van der Waals surface area (Å²) in [6, 6.07) is 5.17. The summed E-state index contributed by atoms with van der Waals surface area (Å²) in [6.45, 7) is 2.17. The van der Waals surface area contributed by atoms with Crippen LogP contribution in [0.5, 0.6) is 0 Å². The molecular formula is C13H13F2N3. The molecule has 18 heavy (non-hydrogen) atoms. The lowest BCUT2D eigenvalue weighted by Gasteiger charge is -2.07. The Morgan fingerprint density at radius 1 is 1.17 bits per heavy atom. The average Bonchev–Trinajstić information content (AvgIpc) is 2.40. The second-order valence-electron chi connectivity index (χ2n) is 3.84. The number of anilines is 1. The molecule has 0 saturated carbocycles. The third-order valence-corrected chi connectivity index (χ3v) is 2.55. The molecule has 0 amide bonds. The first kappa shape index (κ1) is 12.4. The summed E-state index contributed by atoms with van der Waals surface area (Å²) >= 11 is 0. The van der Waals surface area contributed by atoms with Gasteiger partial charge in [0.25, 0.3) is 0 Å². The van der Waals surface area contributed by atoms with Crippen LogP contribution in [0.3, 0.4) is 0 Å². The van der Waals surface area contributed by atoms with Crippen molar-refractivity contribution in [1.82, 2.24) is 9.97 Å². The fraction of sp³-hybridized carbons (Fsp3) is 0.231. The second kappa shape index (κ2) is 5.53. The van der Waals surface area contributed by atoms with E-state index in [1.54, 1.807) is 6.07 Å². The van der Waals surface area contributed by atoms with Crippen LogP contribution in [0, 0.1) is 11.6 Å². The van der Waals surface area contributed by atoms with E-state index in [2.05, 4.69) is 15.3 Å². The summed E-state index contributed by atoms with van der Waals surface area (Å²) in [4.78, 5) is 8.08. The molecule has 1 aromatic heterocycles. The van der Waals surface area contributed by atoms with E-state index >= 15 is 0 Å². The largest absolute Gasteiger partial charge is 0.366 e. The van der Waals surface area contributed by atoms with E-state index in [-0.39, 0.29) is 12.1 Å². The van der Waals surface area contributed by atoms with Crippen molar-refractivity contribution < 1.29 is 8.78 Å². The van der Waals surface area contributed by atoms with Crippen LogP contribution in [-0.4, -0.2) is 9.97 Å². The highest BCUT2D eigenvalue weighted by Crippen LogP contribution is 2.12. The van der Waals surface area contributed by atoms with Gasteiger partial charge in [0.05, 0.1) is 0 Å². The maximum Gasteiger partial charge on any atom is 0.129 e. The Balaban J connectivity index is 2.08. The van der Waals surface area contributed by atoms with E-state index in [1.807, 2.05) is 6.92 Å². The molecule has 0 aliphatic heterocycles. The minimum absolute atomic E-state index is 0.184. The van der Waals surface area contributed by atoms with E-state index < -0.39 is 11.6 Å². The Morgan fingerprint density at radius 3 is 2.78 bits per heavy atom. The lowest BCUT2D eigenvalue weighted by molar-refractivity contribution is 0.587. The van der Waals surface area contributed by atoms with E-state index in [0.29, 0.717) is 5.82 Å². The topological polar surface area (TPSA) is 37.8 Å². The van der Waals surface area contributed by atoms with Crippen LogP contribution in [0.25, 0.3) is 0 Å². The van der Waals surface area contributed by atoms with E-state index in [9.17, 15) is 8.78 Å². The molecule has 5 heteroatoms. The Bertz CT molecular complexity index is 544. The monoisotopic (exact) mass is 249 g/mol. The standard InChI is InChI=1S/C13H13F2N3/c1-2-11-6-13(18-8-17-11)16-7-9-5-10(14)3-4-12(9)15/h3-6,8H,2,7H2,1H3,(H,16,17,18). The van der Waals surface area contributed by atoms with Crippen LogP contribution in [0.1, 0.15) is 18.2 Å². The highest BCUT2D eigenvalue weighted by atomic mass is 19.1. The average molecular weight is 249 g/mol. The van der Waals surface area contributed by atoms with Crippen LogP contribution >= 0.6 is 0 Å². The number of halogens is 2. The second-order valence-corrected chi connectivity index (χ2v) is 3.84. The molecule has 3 nitrogen and oxygen atoms in total. The van der Waals surface area contributed by atoms with Crippen LogP contribution in [0.2, 0.25) is 0 Å². The van der Waals surface area contributed by atoms with Gasteiger partial charge in [0.15, 0.2) is 0 Å². The zero-order valence-electron chi connectivity index (χ0n) is 9.95. The molecule has 0 bridgehead atoms. The number of nitrogens with one attached hydrogen (secondary N) is 1. The first-order chi connectivity index (χ1) is 8.69. The van der Waals surface area contributed by atoms with Crippen LogP contribution < -0.4 is 5.32 Å². The molecule has 0 radical (unpaired) electrons. The summed E-state index contributed by atoms with van der Waals surface area (Å²) in [5.41, 5.74) is 1.17. The third-order valence-electron chi connectivity index (χ3n) is 2.55. The number of aryl methyl sites for hydroxylation is 1. The summed E-state index contributed by atoms with van der Waals surface area (Å²) in [6.07, 6.45) is 2.24. The van der Waals surface area contributed by atoms with Crippen molar-refractivity contribution in [2.24, 2.45) is 0 Å². The molecule has 0 unspecified atom stereocenters. The van der Waals surface area contributed by atoms with Gasteiger partial charge in [-0.1, -0.05) is 6.92 Å². The smallest absolute Gasteiger partial charge is 0.129 e. The number of hydrogen-bond donors (Lipinski definition) is 1. The number of nitrogens with zero attached hydrogens (tertiary/aromatic N) is 2. The van der Waals surface area contributed by atoms with Crippen molar-refractivity contribution in [3.05, 3.63) is 53.5 Å². The maximum atomic E-state index is 13.4. The molecule has 2 aromatic rings. The van der Waals surface area contributed by atoms with Gasteiger partial charge in [0.1, 0.15) is 23.8 Å². The molecule has 0 aliphatic rings. The summed E-state index contributed by atoms with van der Waals surface area (Å²) < 4.78 is 26.3. The van der Waals surface area contributed by atoms with Gasteiger partial charge >= 0.3 is 0 Å². The lowest BCUT2D eigenvalue weighted by Crippen LogP contribution is -2.04. The van der Waals surface area contributed by atoms with Crippen LogP contribution in [0.15, 0.2) is 30.6 Å². The normalized spacial score (nSPS) is 10.4. The minimum atomic E-state index is -0.454. The zero-order valence-corrected chi connectivity index (χ0v) is 9.95. The lowest BCUT2D eigenvalue weighted by atomic mass is 10.2. The summed E-state index contributed by atoms with van der Waals surface area (Å²) in [7, 11) is 0. The first-order valence-corrected chi connectivity index (χ1v) is 5.67. The molecule has 0 aliphatic carbocycles. The van der Waals surface area contributed by atoms with Gasteiger partial charge in [0, 0.05) is 23.9 Å². The fourth-order valence-electron chi connectivity index (χ4n) is 1.55. The molecule has 1 aromatic carbocycles. The van der Waals surface area contributed by atoms with Crippen molar-refractivity contribution in [3.63, 3.8) is 0 Å². The van der Waals surface area contributed by atoms with Gasteiger partial charge in [0.2, 0.25) is 0 Å². The van der Waals surface area contributed by atoms with Gasteiger partial charge in [-0.25, -0.2) is 18.7 Å². The van der Waals surface area contributed by atoms with Gasteiger partial charge in [-0.2, -0.15) is 0 Å². The molecule has 0 atom stereocenters. The quantitative estimate of drug-likeness (QED) is 0.905. The van der Waals surface area contributed by atoms with Gasteiger partial charge in [-0.15, -0.1) is 0 Å². The molecule has 0 spiro atoms. The van der Waals surface area contributed by atoms with E-state index in [0.717, 1.165) is 24.2 Å². The fourth-order valence-corrected chi connectivity index (χ4v) is 1.55. The summed E-state index contributed by atoms with van der Waals surface area (Å²) in [5, 5.41) is 2.95. The Morgan fingerprint density at radius 2 is 2.00 bits per heavy atom. The molecule has 0 saturated heterocycles. The molecule has 94 valence electrons. The molecule has 1 N–H and O–H groups in total. The van der Waals surface area contributed by atoms with Crippen LogP contribution in [-0.2, 0) is 13.0 Å². The summed E-state index contributed by atoms with van der Waals surface area (Å²) in [5.74, 6) is -0.288. The highest BCUT2D eigenvalue weighted by molar-refractivity contribution is 5.36. The van der Waals surface area contributed by atoms with Crippen molar-refractivity contribution in [3.8, 4) is 0 Å². The first-order valence-electron chi connectivity index (χ1n) is 5.67. The van der Waals surface area contributed by atoms with Crippen molar-refractivity contribution >= 4 is 5.82 Å². The number of aromatic nitrogens is 2. The molecular weight excluding hydrogens is 236 g/mol. The predicted octanol–water partition coefficient (Wildman–Crippen LogP) is 2.93. The van der Waals surface area contributed by atoms with E-state index in [1.165, 1.54) is 12.4 Å². The Kier molecular flexibility index (Phi) is 3.82. The van der Waals surface area contributed by atoms with Crippen LogP contribution in [0.4, 0.5) is 14.6 Å². The molecule has 2 rings (SSSR count). The van der Waals surface area contributed by atoms with Gasteiger partial charge in [-0.05, 0) is 24.6 Å². The third kappa shape index (κ3) is 3.00. The minimum Gasteiger partial charge on any atom is -0.366 e. The van der Waals surface area contributed by atoms with Gasteiger partial charge < -0.3 is 5.32 Å². The number of hydrogen-bond acceptors (Lipinski definition) is 3. The maximum absolute atomic E-state index is 13.4. The number of benzene rings is 1. The molecule has 1 heterocycles. The van der Waals surface area contributed by atoms with E-state index in [4.69, 9.17) is 0 Å². The zero-order chi connectivity index (χ0) is 13.0. The SMILES string of the molecule is CCc1cc(NCc2cc(F)ccc2F)ncn1. The highest BCUT2D eigenvalue weighted by Gasteiger charge is 2.04. The molecule has 0 fully saturated rings.